The highest BCUT2D eigenvalue weighted by atomic mass is 32.2. The Bertz CT molecular complexity index is 686. The smallest absolute Gasteiger partial charge is 0.281 e. The van der Waals surface area contributed by atoms with Crippen molar-refractivity contribution in [2.75, 3.05) is 32.8 Å². The fourth-order valence-electron chi connectivity index (χ4n) is 3.39. The summed E-state index contributed by atoms with van der Waals surface area (Å²) in [5, 5.41) is 8.38. The molecule has 7 nitrogen and oxygen atoms in total. The van der Waals surface area contributed by atoms with Crippen LogP contribution in [0.25, 0.3) is 0 Å². The number of hydrogen-bond donors (Lipinski definition) is 0. The second-order valence-corrected chi connectivity index (χ2v) is 10.2. The monoisotopic (exact) mass is 382 g/mol. The summed E-state index contributed by atoms with van der Waals surface area (Å²) in [5.41, 5.74) is 0.907. The average molecular weight is 383 g/mol. The van der Waals surface area contributed by atoms with Gasteiger partial charge >= 0.3 is 0 Å². The topological polar surface area (TPSA) is 75.6 Å². The zero-order valence-corrected chi connectivity index (χ0v) is 16.8. The molecule has 0 atom stereocenters. The van der Waals surface area contributed by atoms with Crippen molar-refractivity contribution in [2.24, 2.45) is 5.92 Å². The number of rotatable bonds is 5. The lowest BCUT2D eigenvalue weighted by Crippen LogP contribution is -2.46. The maximum atomic E-state index is 12.6. The molecule has 1 aromatic rings. The van der Waals surface area contributed by atoms with Crippen molar-refractivity contribution < 1.29 is 13.2 Å². The Morgan fingerprint density at radius 2 is 1.65 bits per heavy atom. The van der Waals surface area contributed by atoms with E-state index in [0.29, 0.717) is 44.6 Å². The molecule has 2 aliphatic heterocycles. The molecule has 0 amide bonds. The van der Waals surface area contributed by atoms with Crippen molar-refractivity contribution in [1.82, 2.24) is 18.8 Å². The van der Waals surface area contributed by atoms with Crippen LogP contribution in [0.5, 0.6) is 5.88 Å². The third-order valence-corrected chi connectivity index (χ3v) is 7.20. The molecule has 146 valence electrons. The van der Waals surface area contributed by atoms with E-state index in [-0.39, 0.29) is 5.41 Å². The molecule has 8 heteroatoms. The van der Waals surface area contributed by atoms with E-state index >= 15 is 0 Å². The lowest BCUT2D eigenvalue weighted by atomic mass is 9.92. The van der Waals surface area contributed by atoms with Gasteiger partial charge in [0, 0.05) is 37.7 Å². The molecule has 26 heavy (non-hydrogen) atoms. The molecule has 3 heterocycles. The molecule has 0 spiro atoms. The zero-order valence-electron chi connectivity index (χ0n) is 16.0. The van der Waals surface area contributed by atoms with Crippen LogP contribution in [0.2, 0.25) is 0 Å². The van der Waals surface area contributed by atoms with Gasteiger partial charge in [0.15, 0.2) is 0 Å². The minimum absolute atomic E-state index is 0.0286. The van der Waals surface area contributed by atoms with E-state index in [2.05, 4.69) is 31.0 Å². The Balaban J connectivity index is 1.47. The van der Waals surface area contributed by atoms with Gasteiger partial charge in [-0.05, 0) is 37.7 Å². The highest BCUT2D eigenvalue weighted by Gasteiger charge is 2.34. The summed E-state index contributed by atoms with van der Waals surface area (Å²) in [6.45, 7) is 9.32. The number of nitrogens with zero attached hydrogens (tertiary/aromatic N) is 4. The first kappa shape index (κ1) is 19.5. The van der Waals surface area contributed by atoms with Crippen LogP contribution in [-0.2, 0) is 15.6 Å². The lowest BCUT2D eigenvalue weighted by Gasteiger charge is -2.33. The van der Waals surface area contributed by atoms with Crippen molar-refractivity contribution >= 4 is 10.2 Å². The first-order chi connectivity index (χ1) is 12.3. The van der Waals surface area contributed by atoms with Crippen molar-refractivity contribution in [3.8, 4) is 5.88 Å². The Morgan fingerprint density at radius 3 is 2.19 bits per heavy atom. The predicted molar refractivity (Wildman–Crippen MR) is 100 cm³/mol. The quantitative estimate of drug-likeness (QED) is 0.780. The van der Waals surface area contributed by atoms with Crippen LogP contribution in [-0.4, -0.2) is 60.0 Å². The van der Waals surface area contributed by atoms with Gasteiger partial charge in [-0.3, -0.25) is 0 Å². The summed E-state index contributed by atoms with van der Waals surface area (Å²) >= 11 is 0. The number of ether oxygens (including phenoxy) is 1. The van der Waals surface area contributed by atoms with E-state index in [4.69, 9.17) is 4.74 Å². The van der Waals surface area contributed by atoms with Gasteiger partial charge in [0.05, 0.1) is 12.3 Å². The summed E-state index contributed by atoms with van der Waals surface area (Å²) in [4.78, 5) is 0. The van der Waals surface area contributed by atoms with Crippen LogP contribution in [0, 0.1) is 5.92 Å². The van der Waals surface area contributed by atoms with E-state index in [0.717, 1.165) is 31.4 Å². The molecular formula is C18H30N4O3S. The number of aromatic nitrogens is 2. The Morgan fingerprint density at radius 1 is 1.04 bits per heavy atom. The van der Waals surface area contributed by atoms with Crippen molar-refractivity contribution in [3.63, 3.8) is 0 Å². The van der Waals surface area contributed by atoms with Crippen LogP contribution in [0.4, 0.5) is 0 Å². The predicted octanol–water partition coefficient (Wildman–Crippen LogP) is 2.21. The second kappa shape index (κ2) is 7.78. The summed E-state index contributed by atoms with van der Waals surface area (Å²) < 4.78 is 34.2. The molecule has 0 aliphatic carbocycles. The van der Waals surface area contributed by atoms with Gasteiger partial charge in [0.2, 0.25) is 5.88 Å². The van der Waals surface area contributed by atoms with E-state index in [1.165, 1.54) is 0 Å². The van der Waals surface area contributed by atoms with Gasteiger partial charge in [-0.1, -0.05) is 20.8 Å². The molecule has 0 N–H and O–H groups in total. The molecule has 0 bridgehead atoms. The molecule has 0 aromatic carbocycles. The maximum Gasteiger partial charge on any atom is 0.281 e. The van der Waals surface area contributed by atoms with Gasteiger partial charge in [0.1, 0.15) is 0 Å². The minimum atomic E-state index is -3.27. The van der Waals surface area contributed by atoms with Crippen molar-refractivity contribution in [3.05, 3.63) is 17.8 Å². The summed E-state index contributed by atoms with van der Waals surface area (Å²) in [7, 11) is -3.27. The number of piperidine rings is 1. The van der Waals surface area contributed by atoms with Crippen LogP contribution in [0.1, 0.15) is 52.1 Å². The molecule has 0 saturated carbocycles. The van der Waals surface area contributed by atoms with Crippen molar-refractivity contribution in [1.29, 1.82) is 0 Å². The van der Waals surface area contributed by atoms with E-state index in [1.54, 1.807) is 8.61 Å². The van der Waals surface area contributed by atoms with E-state index in [9.17, 15) is 8.42 Å². The minimum Gasteiger partial charge on any atom is -0.476 e. The fourth-order valence-corrected chi connectivity index (χ4v) is 5.11. The van der Waals surface area contributed by atoms with Gasteiger partial charge in [-0.15, -0.1) is 5.10 Å². The number of hydrogen-bond acceptors (Lipinski definition) is 5. The molecular weight excluding hydrogens is 352 g/mol. The Kier molecular flexibility index (Phi) is 5.84. The molecule has 2 fully saturated rings. The average Bonchev–Trinajstić information content (AvgIpc) is 3.15. The molecule has 0 unspecified atom stereocenters. The van der Waals surface area contributed by atoms with Crippen LogP contribution >= 0.6 is 0 Å². The first-order valence-electron chi connectivity index (χ1n) is 9.49. The molecule has 1 aromatic heterocycles. The third-order valence-electron chi connectivity index (χ3n) is 5.17. The standard InChI is InChI=1S/C18H30N4O3S/c1-18(2,3)16-6-7-17(20-19-16)25-14-15-8-12-22(13-9-15)26(23,24)21-10-4-5-11-21/h6-7,15H,4-5,8-14H2,1-3H3. The summed E-state index contributed by atoms with van der Waals surface area (Å²) in [6.07, 6.45) is 3.58. The molecule has 3 rings (SSSR count). The maximum absolute atomic E-state index is 12.6. The van der Waals surface area contributed by atoms with Gasteiger partial charge in [0.25, 0.3) is 10.2 Å². The highest BCUT2D eigenvalue weighted by molar-refractivity contribution is 7.86. The molecule has 0 radical (unpaired) electrons. The Labute approximate surface area is 156 Å². The fraction of sp³-hybridized carbons (Fsp3) is 0.778. The normalized spacial score (nSPS) is 21.2. The molecule has 2 aliphatic rings. The third kappa shape index (κ3) is 4.53. The van der Waals surface area contributed by atoms with Gasteiger partial charge in [-0.25, -0.2) is 0 Å². The van der Waals surface area contributed by atoms with Crippen molar-refractivity contribution in [2.45, 2.75) is 51.9 Å². The lowest BCUT2D eigenvalue weighted by molar-refractivity contribution is 0.176. The highest BCUT2D eigenvalue weighted by Crippen LogP contribution is 2.25. The Hall–Kier alpha value is -1.25. The SMILES string of the molecule is CC(C)(C)c1ccc(OCC2CCN(S(=O)(=O)N3CCCC3)CC2)nn1. The first-order valence-corrected chi connectivity index (χ1v) is 10.9. The van der Waals surface area contributed by atoms with Crippen LogP contribution in [0.3, 0.4) is 0 Å². The van der Waals surface area contributed by atoms with E-state index in [1.807, 2.05) is 12.1 Å². The molecule has 2 saturated heterocycles. The van der Waals surface area contributed by atoms with Crippen LogP contribution in [0.15, 0.2) is 12.1 Å². The largest absolute Gasteiger partial charge is 0.476 e. The van der Waals surface area contributed by atoms with Crippen LogP contribution < -0.4 is 4.74 Å². The van der Waals surface area contributed by atoms with E-state index < -0.39 is 10.2 Å². The van der Waals surface area contributed by atoms with Gasteiger partial charge < -0.3 is 4.74 Å². The summed E-state index contributed by atoms with van der Waals surface area (Å²) in [5.74, 6) is 0.884. The summed E-state index contributed by atoms with van der Waals surface area (Å²) in [6, 6.07) is 3.81. The van der Waals surface area contributed by atoms with Gasteiger partial charge in [-0.2, -0.15) is 22.1 Å². The second-order valence-electron chi connectivity index (χ2n) is 8.27. The zero-order chi connectivity index (χ0) is 18.8.